The van der Waals surface area contributed by atoms with Gasteiger partial charge in [0.15, 0.2) is 5.16 Å². The number of carbonyl (C=O) groups excluding carboxylic acids is 1. The minimum absolute atomic E-state index is 0.0226. The molecule has 152 valence electrons. The number of hydrogen-bond donors (Lipinski definition) is 1. The first-order chi connectivity index (χ1) is 13.4. The van der Waals surface area contributed by atoms with Crippen LogP contribution >= 0.6 is 11.8 Å². The van der Waals surface area contributed by atoms with Crippen LogP contribution in [-0.2, 0) is 11.3 Å². The van der Waals surface area contributed by atoms with Gasteiger partial charge in [-0.15, -0.1) is 0 Å². The minimum atomic E-state index is -0.0306. The zero-order valence-electron chi connectivity index (χ0n) is 17.3. The maximum absolute atomic E-state index is 12.9. The lowest BCUT2D eigenvalue weighted by atomic mass is 9.78. The summed E-state index contributed by atoms with van der Waals surface area (Å²) in [5, 5.41) is 4.46. The molecular weight excluding hydrogens is 370 g/mol. The van der Waals surface area contributed by atoms with Gasteiger partial charge in [0.05, 0.1) is 16.7 Å². The molecule has 0 unspecified atom stereocenters. The summed E-state index contributed by atoms with van der Waals surface area (Å²) in [6.45, 7) is 9.25. The van der Waals surface area contributed by atoms with Crippen LogP contribution in [0.5, 0.6) is 0 Å². The summed E-state index contributed by atoms with van der Waals surface area (Å²) >= 11 is 1.36. The predicted molar refractivity (Wildman–Crippen MR) is 116 cm³/mol. The first kappa shape index (κ1) is 20.9. The maximum Gasteiger partial charge on any atom is 0.262 e. The van der Waals surface area contributed by atoms with Crippen molar-refractivity contribution in [2.45, 2.75) is 64.7 Å². The largest absolute Gasteiger partial charge is 0.352 e. The number of para-hydroxylation sites is 1. The Labute approximate surface area is 171 Å². The lowest BCUT2D eigenvalue weighted by Crippen LogP contribution is -2.44. The number of aromatic nitrogens is 2. The van der Waals surface area contributed by atoms with Gasteiger partial charge in [0.2, 0.25) is 5.91 Å². The summed E-state index contributed by atoms with van der Waals surface area (Å²) in [5.74, 6) is 1.76. The normalized spacial score (nSPS) is 22.5. The van der Waals surface area contributed by atoms with E-state index >= 15 is 0 Å². The third-order valence-corrected chi connectivity index (χ3v) is 6.74. The molecule has 0 spiro atoms. The highest BCUT2D eigenvalue weighted by molar-refractivity contribution is 7.99. The molecular formula is C22H31N3O2S. The van der Waals surface area contributed by atoms with E-state index < -0.39 is 0 Å². The second kappa shape index (κ2) is 9.12. The molecule has 2 aromatic rings. The molecule has 1 aliphatic rings. The quantitative estimate of drug-likeness (QED) is 0.585. The molecule has 1 saturated carbocycles. The average molecular weight is 402 g/mol. The minimum Gasteiger partial charge on any atom is -0.352 e. The number of carbonyl (C=O) groups is 1. The van der Waals surface area contributed by atoms with E-state index in [-0.39, 0.29) is 23.3 Å². The molecule has 0 bridgehead atoms. The number of amides is 1. The fourth-order valence-electron chi connectivity index (χ4n) is 3.95. The van der Waals surface area contributed by atoms with Gasteiger partial charge in [-0.05, 0) is 36.3 Å². The lowest BCUT2D eigenvalue weighted by Gasteiger charge is -2.34. The second-order valence-electron chi connectivity index (χ2n) is 8.45. The van der Waals surface area contributed by atoms with Crippen LogP contribution in [0.15, 0.2) is 34.2 Å². The van der Waals surface area contributed by atoms with E-state index in [9.17, 15) is 9.59 Å². The number of benzene rings is 1. The molecule has 3 rings (SSSR count). The molecule has 0 saturated heterocycles. The molecule has 28 heavy (non-hydrogen) atoms. The van der Waals surface area contributed by atoms with Gasteiger partial charge in [-0.3, -0.25) is 14.2 Å². The van der Waals surface area contributed by atoms with Crippen LogP contribution in [0, 0.1) is 17.8 Å². The van der Waals surface area contributed by atoms with Crippen LogP contribution in [0.1, 0.15) is 47.0 Å². The number of nitrogens with one attached hydrogen (secondary N) is 1. The van der Waals surface area contributed by atoms with Gasteiger partial charge in [0, 0.05) is 12.6 Å². The van der Waals surface area contributed by atoms with Crippen molar-refractivity contribution in [2.24, 2.45) is 17.8 Å². The Morgan fingerprint density at radius 3 is 2.79 bits per heavy atom. The van der Waals surface area contributed by atoms with Gasteiger partial charge in [-0.1, -0.05) is 64.4 Å². The van der Waals surface area contributed by atoms with Crippen LogP contribution in [0.2, 0.25) is 0 Å². The SMILES string of the molecule is CC(C)Cn1c(SCC(=O)N[C@H]2CCC[C@H](C)[C@H]2C)nc2ccccc2c1=O. The molecule has 0 aliphatic heterocycles. The molecule has 5 nitrogen and oxygen atoms in total. The summed E-state index contributed by atoms with van der Waals surface area (Å²) in [6.07, 6.45) is 3.46. The number of hydrogen-bond acceptors (Lipinski definition) is 4. The lowest BCUT2D eigenvalue weighted by molar-refractivity contribution is -0.120. The maximum atomic E-state index is 12.9. The summed E-state index contributed by atoms with van der Waals surface area (Å²) in [6, 6.07) is 7.66. The van der Waals surface area contributed by atoms with Gasteiger partial charge < -0.3 is 5.32 Å². The zero-order valence-corrected chi connectivity index (χ0v) is 18.1. The number of fused-ring (bicyclic) bond motifs is 1. The van der Waals surface area contributed by atoms with Crippen molar-refractivity contribution in [2.75, 3.05) is 5.75 Å². The first-order valence-corrected chi connectivity index (χ1v) is 11.3. The van der Waals surface area contributed by atoms with E-state index in [2.05, 4.69) is 38.0 Å². The molecule has 1 aromatic heterocycles. The Morgan fingerprint density at radius 2 is 2.04 bits per heavy atom. The molecule has 3 atom stereocenters. The van der Waals surface area contributed by atoms with E-state index in [1.165, 1.54) is 24.6 Å². The number of nitrogens with zero attached hydrogens (tertiary/aromatic N) is 2. The van der Waals surface area contributed by atoms with E-state index in [4.69, 9.17) is 0 Å². The van der Waals surface area contributed by atoms with Crippen molar-refractivity contribution in [1.29, 1.82) is 0 Å². The van der Waals surface area contributed by atoms with E-state index in [1.54, 1.807) is 4.57 Å². The Morgan fingerprint density at radius 1 is 1.29 bits per heavy atom. The standard InChI is InChI=1S/C22H31N3O2S/c1-14(2)12-25-21(27)17-9-5-6-10-19(17)24-22(25)28-13-20(26)23-18-11-7-8-15(3)16(18)4/h5-6,9-10,14-16,18H,7-8,11-13H2,1-4H3,(H,23,26)/t15-,16+,18-/m0/s1. The fraction of sp³-hybridized carbons (Fsp3) is 0.591. The average Bonchev–Trinajstić information content (AvgIpc) is 2.66. The van der Waals surface area contributed by atoms with Crippen LogP contribution in [-0.4, -0.2) is 27.3 Å². The summed E-state index contributed by atoms with van der Waals surface area (Å²) in [7, 11) is 0. The van der Waals surface area contributed by atoms with Gasteiger partial charge in [0.25, 0.3) is 5.56 Å². The molecule has 6 heteroatoms. The third-order valence-electron chi connectivity index (χ3n) is 5.76. The summed E-state index contributed by atoms with van der Waals surface area (Å²) in [4.78, 5) is 30.2. The number of thioether (sulfide) groups is 1. The molecule has 1 aliphatic carbocycles. The second-order valence-corrected chi connectivity index (χ2v) is 9.39. The van der Waals surface area contributed by atoms with Crippen molar-refractivity contribution in [3.05, 3.63) is 34.6 Å². The number of rotatable bonds is 6. The smallest absolute Gasteiger partial charge is 0.262 e. The molecule has 1 heterocycles. The van der Waals surface area contributed by atoms with Gasteiger partial charge in [0.1, 0.15) is 0 Å². The van der Waals surface area contributed by atoms with E-state index in [0.29, 0.717) is 40.4 Å². The van der Waals surface area contributed by atoms with Crippen molar-refractivity contribution in [1.82, 2.24) is 14.9 Å². The van der Waals surface area contributed by atoms with Crippen LogP contribution in [0.4, 0.5) is 0 Å². The zero-order chi connectivity index (χ0) is 20.3. The highest BCUT2D eigenvalue weighted by atomic mass is 32.2. The fourth-order valence-corrected chi connectivity index (χ4v) is 4.77. The topological polar surface area (TPSA) is 64.0 Å². The molecule has 1 aromatic carbocycles. The van der Waals surface area contributed by atoms with Crippen LogP contribution in [0.25, 0.3) is 10.9 Å². The Hall–Kier alpha value is -1.82. The van der Waals surface area contributed by atoms with Crippen LogP contribution in [0.3, 0.4) is 0 Å². The summed E-state index contributed by atoms with van der Waals surface area (Å²) in [5.41, 5.74) is 0.655. The van der Waals surface area contributed by atoms with Crippen molar-refractivity contribution < 1.29 is 4.79 Å². The van der Waals surface area contributed by atoms with Crippen LogP contribution < -0.4 is 10.9 Å². The first-order valence-electron chi connectivity index (χ1n) is 10.3. The Kier molecular flexibility index (Phi) is 6.81. The Bertz CT molecular complexity index is 893. The third kappa shape index (κ3) is 4.77. The monoisotopic (exact) mass is 401 g/mol. The Balaban J connectivity index is 1.75. The van der Waals surface area contributed by atoms with Crippen molar-refractivity contribution >= 4 is 28.6 Å². The highest BCUT2D eigenvalue weighted by Crippen LogP contribution is 2.29. The van der Waals surface area contributed by atoms with Crippen molar-refractivity contribution in [3.63, 3.8) is 0 Å². The van der Waals surface area contributed by atoms with E-state index in [0.717, 1.165) is 6.42 Å². The summed E-state index contributed by atoms with van der Waals surface area (Å²) < 4.78 is 1.72. The molecule has 1 N–H and O–H groups in total. The molecule has 0 radical (unpaired) electrons. The van der Waals surface area contributed by atoms with Gasteiger partial charge >= 0.3 is 0 Å². The van der Waals surface area contributed by atoms with E-state index in [1.807, 2.05) is 24.3 Å². The molecule has 1 amide bonds. The molecule has 1 fully saturated rings. The highest BCUT2D eigenvalue weighted by Gasteiger charge is 2.28. The predicted octanol–water partition coefficient (Wildman–Crippen LogP) is 4.09. The van der Waals surface area contributed by atoms with Gasteiger partial charge in [-0.2, -0.15) is 0 Å². The van der Waals surface area contributed by atoms with Gasteiger partial charge in [-0.25, -0.2) is 4.98 Å². The van der Waals surface area contributed by atoms with Crippen molar-refractivity contribution in [3.8, 4) is 0 Å².